The molecule has 3 rings (SSSR count). The smallest absolute Gasteiger partial charge is 0.0890 e. The van der Waals surface area contributed by atoms with Crippen LogP contribution < -0.4 is 0 Å². The molecule has 2 bridgehead atoms. The number of hydrogen-bond donors (Lipinski definition) is 0. The van der Waals surface area contributed by atoms with Crippen molar-refractivity contribution in [3.8, 4) is 0 Å². The molecule has 2 aliphatic rings. The van der Waals surface area contributed by atoms with E-state index >= 15 is 0 Å². The van der Waals surface area contributed by atoms with Crippen LogP contribution in [0.3, 0.4) is 0 Å². The fourth-order valence-electron chi connectivity index (χ4n) is 2.97. The molecular formula is C15H18O. The number of ether oxygens (including phenoxy) is 1. The second-order valence-electron chi connectivity index (χ2n) is 5.06. The van der Waals surface area contributed by atoms with E-state index in [-0.39, 0.29) is 6.10 Å². The predicted octanol–water partition coefficient (Wildman–Crippen LogP) is 3.73. The van der Waals surface area contributed by atoms with Crippen molar-refractivity contribution in [1.29, 1.82) is 0 Å². The Labute approximate surface area is 97.1 Å². The summed E-state index contributed by atoms with van der Waals surface area (Å²) < 4.78 is 6.06. The van der Waals surface area contributed by atoms with E-state index in [1.54, 1.807) is 0 Å². The van der Waals surface area contributed by atoms with E-state index < -0.39 is 0 Å². The number of benzene rings is 1. The summed E-state index contributed by atoms with van der Waals surface area (Å²) in [4.78, 5) is 0. The Kier molecular flexibility index (Phi) is 2.56. The lowest BCUT2D eigenvalue weighted by Crippen LogP contribution is -2.32. The quantitative estimate of drug-likeness (QED) is 0.647. The van der Waals surface area contributed by atoms with Crippen LogP contribution in [0.1, 0.15) is 31.4 Å². The van der Waals surface area contributed by atoms with Gasteiger partial charge in [0.1, 0.15) is 0 Å². The normalized spacial score (nSPS) is 33.3. The summed E-state index contributed by atoms with van der Waals surface area (Å²) in [6.07, 6.45) is 5.22. The zero-order valence-electron chi connectivity index (χ0n) is 9.73. The Morgan fingerprint density at radius 2 is 2.00 bits per heavy atom. The third-order valence-corrected chi connectivity index (χ3v) is 3.95. The molecule has 1 nitrogen and oxygen atoms in total. The molecule has 1 aromatic carbocycles. The summed E-state index contributed by atoms with van der Waals surface area (Å²) in [5.41, 5.74) is 2.85. The summed E-state index contributed by atoms with van der Waals surface area (Å²) in [5.74, 6) is 1.36. The molecule has 1 heterocycles. The molecule has 0 saturated carbocycles. The lowest BCUT2D eigenvalue weighted by molar-refractivity contribution is -0.0512. The Bertz CT molecular complexity index is 393. The van der Waals surface area contributed by atoms with E-state index in [0.717, 1.165) is 12.5 Å². The van der Waals surface area contributed by atoms with Gasteiger partial charge in [0.2, 0.25) is 0 Å². The molecule has 0 aromatic heterocycles. The average Bonchev–Trinajstić information content (AvgIpc) is 2.36. The highest BCUT2D eigenvalue weighted by Crippen LogP contribution is 2.43. The van der Waals surface area contributed by atoms with Gasteiger partial charge in [-0.2, -0.15) is 0 Å². The van der Waals surface area contributed by atoms with Gasteiger partial charge in [-0.05, 0) is 31.2 Å². The molecule has 1 unspecified atom stereocenters. The van der Waals surface area contributed by atoms with Crippen LogP contribution in [0.5, 0.6) is 0 Å². The molecule has 1 aromatic rings. The molecule has 84 valence electrons. The first-order valence-electron chi connectivity index (χ1n) is 6.18. The van der Waals surface area contributed by atoms with Crippen molar-refractivity contribution in [2.24, 2.45) is 11.8 Å². The summed E-state index contributed by atoms with van der Waals surface area (Å²) in [6.45, 7) is 3.19. The predicted molar refractivity (Wildman–Crippen MR) is 65.1 cm³/mol. The monoisotopic (exact) mass is 214 g/mol. The number of allylic oxidation sites excluding steroid dienone is 1. The maximum Gasteiger partial charge on any atom is 0.0890 e. The van der Waals surface area contributed by atoms with Gasteiger partial charge in [0, 0.05) is 5.92 Å². The zero-order valence-corrected chi connectivity index (χ0v) is 9.73. The Morgan fingerprint density at radius 1 is 1.19 bits per heavy atom. The van der Waals surface area contributed by atoms with Crippen LogP contribution in [-0.4, -0.2) is 6.61 Å². The summed E-state index contributed by atoms with van der Waals surface area (Å²) in [7, 11) is 0. The Hall–Kier alpha value is -1.08. The summed E-state index contributed by atoms with van der Waals surface area (Å²) >= 11 is 0. The van der Waals surface area contributed by atoms with Crippen LogP contribution in [0, 0.1) is 11.8 Å². The van der Waals surface area contributed by atoms with Gasteiger partial charge in [-0.3, -0.25) is 0 Å². The minimum absolute atomic E-state index is 0.286. The summed E-state index contributed by atoms with van der Waals surface area (Å²) in [6, 6.07) is 10.7. The lowest BCUT2D eigenvalue weighted by atomic mass is 9.75. The van der Waals surface area contributed by atoms with Crippen molar-refractivity contribution in [2.75, 3.05) is 6.61 Å². The van der Waals surface area contributed by atoms with Crippen LogP contribution in [-0.2, 0) is 4.74 Å². The topological polar surface area (TPSA) is 9.23 Å². The first kappa shape index (κ1) is 10.1. The Morgan fingerprint density at radius 3 is 2.81 bits per heavy atom. The molecule has 0 spiro atoms. The van der Waals surface area contributed by atoms with E-state index in [9.17, 15) is 0 Å². The maximum atomic E-state index is 6.06. The van der Waals surface area contributed by atoms with Crippen LogP contribution in [0.4, 0.5) is 0 Å². The molecule has 0 N–H and O–H groups in total. The van der Waals surface area contributed by atoms with Crippen molar-refractivity contribution < 1.29 is 4.74 Å². The minimum Gasteiger partial charge on any atom is -0.373 e. The minimum atomic E-state index is 0.286. The molecule has 3 atom stereocenters. The molecule has 1 fully saturated rings. The summed E-state index contributed by atoms with van der Waals surface area (Å²) in [5, 5.41) is 0. The molecular weight excluding hydrogens is 196 g/mol. The average molecular weight is 214 g/mol. The van der Waals surface area contributed by atoms with Crippen LogP contribution in [0.25, 0.3) is 0 Å². The second kappa shape index (κ2) is 4.06. The second-order valence-corrected chi connectivity index (χ2v) is 5.06. The first-order chi connectivity index (χ1) is 7.84. The van der Waals surface area contributed by atoms with Crippen LogP contribution in [0.2, 0.25) is 0 Å². The Balaban J connectivity index is 1.91. The van der Waals surface area contributed by atoms with Gasteiger partial charge in [-0.15, -0.1) is 0 Å². The van der Waals surface area contributed by atoms with Crippen molar-refractivity contribution in [3.05, 3.63) is 47.5 Å². The lowest BCUT2D eigenvalue weighted by Gasteiger charge is -2.40. The molecule has 1 aliphatic heterocycles. The van der Waals surface area contributed by atoms with Crippen molar-refractivity contribution >= 4 is 0 Å². The van der Waals surface area contributed by atoms with Gasteiger partial charge in [0.05, 0.1) is 12.7 Å². The van der Waals surface area contributed by atoms with Gasteiger partial charge in [-0.25, -0.2) is 0 Å². The van der Waals surface area contributed by atoms with Gasteiger partial charge >= 0.3 is 0 Å². The highest BCUT2D eigenvalue weighted by Gasteiger charge is 2.35. The van der Waals surface area contributed by atoms with E-state index in [1.165, 1.54) is 24.0 Å². The molecule has 0 amide bonds. The third kappa shape index (κ3) is 1.69. The molecule has 16 heavy (non-hydrogen) atoms. The highest BCUT2D eigenvalue weighted by atomic mass is 16.5. The van der Waals surface area contributed by atoms with Crippen molar-refractivity contribution in [1.82, 2.24) is 0 Å². The van der Waals surface area contributed by atoms with Crippen molar-refractivity contribution in [2.45, 2.75) is 25.9 Å². The van der Waals surface area contributed by atoms with Crippen LogP contribution in [0.15, 0.2) is 42.0 Å². The third-order valence-electron chi connectivity index (χ3n) is 3.95. The fourth-order valence-corrected chi connectivity index (χ4v) is 2.97. The van der Waals surface area contributed by atoms with E-state index in [1.807, 2.05) is 0 Å². The fraction of sp³-hybridized carbons (Fsp3) is 0.467. The van der Waals surface area contributed by atoms with Gasteiger partial charge in [0.15, 0.2) is 0 Å². The largest absolute Gasteiger partial charge is 0.373 e. The maximum absolute atomic E-state index is 6.06. The molecule has 0 radical (unpaired) electrons. The standard InChI is InChI=1S/C15H18O/c1-11-7-8-12-9-14(11)15(16-10-12)13-5-3-2-4-6-13/h2-7,12,14-15H,8-10H2,1H3/t12-,14-,15?/m1/s1. The van der Waals surface area contributed by atoms with Gasteiger partial charge < -0.3 is 4.74 Å². The molecule has 1 saturated heterocycles. The van der Waals surface area contributed by atoms with E-state index in [2.05, 4.69) is 43.3 Å². The SMILES string of the molecule is CC1=CC[C@H]2COC(c3ccccc3)[C@@H]1C2. The zero-order chi connectivity index (χ0) is 11.0. The highest BCUT2D eigenvalue weighted by molar-refractivity contribution is 5.23. The molecule has 1 aliphatic carbocycles. The number of hydrogen-bond acceptors (Lipinski definition) is 1. The number of fused-ring (bicyclic) bond motifs is 2. The van der Waals surface area contributed by atoms with Crippen LogP contribution >= 0.6 is 0 Å². The molecule has 1 heteroatoms. The van der Waals surface area contributed by atoms with Gasteiger partial charge in [-0.1, -0.05) is 42.0 Å². The van der Waals surface area contributed by atoms with Gasteiger partial charge in [0.25, 0.3) is 0 Å². The van der Waals surface area contributed by atoms with E-state index in [4.69, 9.17) is 4.74 Å². The number of rotatable bonds is 1. The van der Waals surface area contributed by atoms with E-state index in [0.29, 0.717) is 5.92 Å². The first-order valence-corrected chi connectivity index (χ1v) is 6.18. The van der Waals surface area contributed by atoms with Crippen molar-refractivity contribution in [3.63, 3.8) is 0 Å².